The fourth-order valence-electron chi connectivity index (χ4n) is 2.11. The van der Waals surface area contributed by atoms with Gasteiger partial charge in [0.25, 0.3) is 5.91 Å². The molecule has 1 amide bonds. The maximum absolute atomic E-state index is 13.2. The van der Waals surface area contributed by atoms with Crippen molar-refractivity contribution in [1.82, 2.24) is 10.3 Å². The number of nitrogens with zero attached hydrogens (tertiary/aromatic N) is 1. The number of anilines is 1. The predicted octanol–water partition coefficient (Wildman–Crippen LogP) is 0.798. The quantitative estimate of drug-likeness (QED) is 0.836. The van der Waals surface area contributed by atoms with Crippen molar-refractivity contribution >= 4 is 11.7 Å². The summed E-state index contributed by atoms with van der Waals surface area (Å²) in [6, 6.07) is 1.15. The number of hydrogen-bond donors (Lipinski definition) is 2. The number of amides is 1. The highest BCUT2D eigenvalue weighted by molar-refractivity contribution is 5.98. The normalized spacial score (nSPS) is 21.8. The van der Waals surface area contributed by atoms with Crippen molar-refractivity contribution in [3.63, 3.8) is 0 Å². The fraction of sp³-hybridized carbons (Fsp3) is 0.538. The van der Waals surface area contributed by atoms with Gasteiger partial charge in [0.05, 0.1) is 18.4 Å². The molecule has 1 atom stereocenters. The minimum atomic E-state index is -0.556. The molecule has 1 saturated heterocycles. The molecule has 1 unspecified atom stereocenters. The fourth-order valence-corrected chi connectivity index (χ4v) is 2.11. The van der Waals surface area contributed by atoms with Crippen LogP contribution < -0.4 is 10.6 Å². The van der Waals surface area contributed by atoms with E-state index in [0.29, 0.717) is 32.0 Å². The Morgan fingerprint density at radius 3 is 3.05 bits per heavy atom. The van der Waals surface area contributed by atoms with Gasteiger partial charge in [-0.3, -0.25) is 4.79 Å². The van der Waals surface area contributed by atoms with E-state index >= 15 is 0 Å². The molecule has 0 bridgehead atoms. The second-order valence-electron chi connectivity index (χ2n) is 4.67. The number of carbonyl (C=O) groups excluding carboxylic acids is 1. The Morgan fingerprint density at radius 1 is 1.65 bits per heavy atom. The van der Waals surface area contributed by atoms with E-state index in [4.69, 9.17) is 9.47 Å². The zero-order valence-electron chi connectivity index (χ0n) is 11.5. The first-order valence-electron chi connectivity index (χ1n) is 6.34. The second-order valence-corrected chi connectivity index (χ2v) is 4.67. The first kappa shape index (κ1) is 14.7. The van der Waals surface area contributed by atoms with E-state index in [-0.39, 0.29) is 5.56 Å². The van der Waals surface area contributed by atoms with Crippen LogP contribution in [0.25, 0.3) is 0 Å². The molecule has 2 heterocycles. The summed E-state index contributed by atoms with van der Waals surface area (Å²) < 4.78 is 23.9. The van der Waals surface area contributed by atoms with E-state index in [1.54, 1.807) is 14.2 Å². The minimum absolute atomic E-state index is 0.165. The SMILES string of the molecule is CNc1ncc(F)cc1C(=O)NCC1(OC)CCOC1. The molecule has 7 heteroatoms. The van der Waals surface area contributed by atoms with Gasteiger partial charge in [0.1, 0.15) is 17.2 Å². The van der Waals surface area contributed by atoms with Gasteiger partial charge in [-0.25, -0.2) is 9.37 Å². The molecule has 2 N–H and O–H groups in total. The highest BCUT2D eigenvalue weighted by Crippen LogP contribution is 2.22. The van der Waals surface area contributed by atoms with Gasteiger partial charge in [-0.15, -0.1) is 0 Å². The number of hydrogen-bond acceptors (Lipinski definition) is 5. The number of methoxy groups -OCH3 is 1. The first-order chi connectivity index (χ1) is 9.60. The zero-order chi connectivity index (χ0) is 14.6. The summed E-state index contributed by atoms with van der Waals surface area (Å²) in [5, 5.41) is 5.50. The van der Waals surface area contributed by atoms with Crippen LogP contribution in [0, 0.1) is 5.82 Å². The number of pyridine rings is 1. The van der Waals surface area contributed by atoms with Crippen LogP contribution in [0.1, 0.15) is 16.8 Å². The van der Waals surface area contributed by atoms with Gasteiger partial charge < -0.3 is 20.1 Å². The maximum atomic E-state index is 13.2. The number of carbonyl (C=O) groups is 1. The van der Waals surface area contributed by atoms with Gasteiger partial charge in [-0.05, 0) is 6.07 Å². The van der Waals surface area contributed by atoms with Crippen molar-refractivity contribution < 1.29 is 18.7 Å². The lowest BCUT2D eigenvalue weighted by Crippen LogP contribution is -2.45. The molecular weight excluding hydrogens is 265 g/mol. The summed E-state index contributed by atoms with van der Waals surface area (Å²) in [4.78, 5) is 16.0. The van der Waals surface area contributed by atoms with Crippen molar-refractivity contribution in [3.8, 4) is 0 Å². The Morgan fingerprint density at radius 2 is 2.45 bits per heavy atom. The van der Waals surface area contributed by atoms with E-state index in [9.17, 15) is 9.18 Å². The molecule has 1 fully saturated rings. The van der Waals surface area contributed by atoms with Crippen molar-refractivity contribution in [1.29, 1.82) is 0 Å². The molecule has 1 aliphatic rings. The highest BCUT2D eigenvalue weighted by Gasteiger charge is 2.35. The van der Waals surface area contributed by atoms with Crippen molar-refractivity contribution in [2.75, 3.05) is 39.2 Å². The third-order valence-corrected chi connectivity index (χ3v) is 3.41. The lowest BCUT2D eigenvalue weighted by molar-refractivity contribution is -0.0148. The standard InChI is InChI=1S/C13H18FN3O3/c1-15-11-10(5-9(14)6-16-11)12(18)17-7-13(19-2)3-4-20-8-13/h5-6H,3-4,7-8H2,1-2H3,(H,15,16)(H,17,18). The van der Waals surface area contributed by atoms with Crippen LogP contribution in [0.15, 0.2) is 12.3 Å². The van der Waals surface area contributed by atoms with Crippen LogP contribution >= 0.6 is 0 Å². The van der Waals surface area contributed by atoms with Crippen LogP contribution in [0.4, 0.5) is 10.2 Å². The summed E-state index contributed by atoms with van der Waals surface area (Å²) in [7, 11) is 3.21. The first-order valence-corrected chi connectivity index (χ1v) is 6.34. The number of rotatable bonds is 5. The van der Waals surface area contributed by atoms with E-state index in [1.807, 2.05) is 0 Å². The Labute approximate surface area is 116 Å². The van der Waals surface area contributed by atoms with Gasteiger partial charge in [-0.1, -0.05) is 0 Å². The molecule has 1 aromatic rings. The lowest BCUT2D eigenvalue weighted by atomic mass is 10.0. The van der Waals surface area contributed by atoms with E-state index < -0.39 is 17.3 Å². The molecule has 6 nitrogen and oxygen atoms in total. The summed E-state index contributed by atoms with van der Waals surface area (Å²) >= 11 is 0. The smallest absolute Gasteiger partial charge is 0.255 e. The van der Waals surface area contributed by atoms with E-state index in [0.717, 1.165) is 12.3 Å². The monoisotopic (exact) mass is 283 g/mol. The van der Waals surface area contributed by atoms with Crippen molar-refractivity contribution in [3.05, 3.63) is 23.6 Å². The molecule has 20 heavy (non-hydrogen) atoms. The van der Waals surface area contributed by atoms with Crippen LogP contribution in [0.2, 0.25) is 0 Å². The molecule has 1 aromatic heterocycles. The van der Waals surface area contributed by atoms with Crippen LogP contribution in [0.3, 0.4) is 0 Å². The van der Waals surface area contributed by atoms with Gasteiger partial charge in [0.15, 0.2) is 0 Å². The predicted molar refractivity (Wildman–Crippen MR) is 71.3 cm³/mol. The Bertz CT molecular complexity index is 490. The minimum Gasteiger partial charge on any atom is -0.378 e. The molecule has 110 valence electrons. The number of aromatic nitrogens is 1. The summed E-state index contributed by atoms with van der Waals surface area (Å²) in [6.45, 7) is 1.35. The molecule has 0 spiro atoms. The molecule has 1 aliphatic heterocycles. The Balaban J connectivity index is 2.06. The Hall–Kier alpha value is -1.73. The lowest BCUT2D eigenvalue weighted by Gasteiger charge is -2.26. The van der Waals surface area contributed by atoms with Crippen LogP contribution in [0.5, 0.6) is 0 Å². The zero-order valence-corrected chi connectivity index (χ0v) is 11.5. The van der Waals surface area contributed by atoms with Crippen LogP contribution in [-0.4, -0.2) is 50.4 Å². The van der Waals surface area contributed by atoms with Gasteiger partial charge in [0.2, 0.25) is 0 Å². The molecular formula is C13H18FN3O3. The molecule has 2 rings (SSSR count). The van der Waals surface area contributed by atoms with Crippen molar-refractivity contribution in [2.45, 2.75) is 12.0 Å². The van der Waals surface area contributed by atoms with Gasteiger partial charge in [-0.2, -0.15) is 0 Å². The third kappa shape index (κ3) is 3.05. The third-order valence-electron chi connectivity index (χ3n) is 3.41. The molecule has 0 aromatic carbocycles. The van der Waals surface area contributed by atoms with E-state index in [1.165, 1.54) is 0 Å². The largest absolute Gasteiger partial charge is 0.378 e. The summed E-state index contributed by atoms with van der Waals surface area (Å²) in [5.74, 6) is -0.623. The number of nitrogens with one attached hydrogen (secondary N) is 2. The molecule has 0 aliphatic carbocycles. The van der Waals surface area contributed by atoms with Gasteiger partial charge in [0, 0.05) is 33.7 Å². The van der Waals surface area contributed by atoms with Crippen molar-refractivity contribution in [2.24, 2.45) is 0 Å². The summed E-state index contributed by atoms with van der Waals surface area (Å²) in [6.07, 6.45) is 1.77. The van der Waals surface area contributed by atoms with Gasteiger partial charge >= 0.3 is 0 Å². The average molecular weight is 283 g/mol. The topological polar surface area (TPSA) is 72.5 Å². The molecule has 0 radical (unpaired) electrons. The second kappa shape index (κ2) is 6.15. The Kier molecular flexibility index (Phi) is 4.51. The highest BCUT2D eigenvalue weighted by atomic mass is 19.1. The average Bonchev–Trinajstić information content (AvgIpc) is 2.94. The van der Waals surface area contributed by atoms with Crippen LogP contribution in [-0.2, 0) is 9.47 Å². The number of halogens is 1. The maximum Gasteiger partial charge on any atom is 0.255 e. The summed E-state index contributed by atoms with van der Waals surface area (Å²) in [5.41, 5.74) is -0.339. The van der Waals surface area contributed by atoms with E-state index in [2.05, 4.69) is 15.6 Å². The molecule has 0 saturated carbocycles. The number of ether oxygens (including phenoxy) is 2.